The van der Waals surface area contributed by atoms with Crippen LogP contribution in [0, 0.1) is 11.8 Å². The van der Waals surface area contributed by atoms with Gasteiger partial charge in [-0.2, -0.15) is 0 Å². The number of hydrogen-bond donors (Lipinski definition) is 0. The quantitative estimate of drug-likeness (QED) is 0.718. The van der Waals surface area contributed by atoms with Gasteiger partial charge in [0.15, 0.2) is 0 Å². The maximum absolute atomic E-state index is 12.7. The number of methoxy groups -OCH3 is 1. The summed E-state index contributed by atoms with van der Waals surface area (Å²) in [5.74, 6) is -2.40. The molecule has 2 fully saturated rings. The average Bonchev–Trinajstić information content (AvgIpc) is 3.15. The van der Waals surface area contributed by atoms with Crippen LogP contribution in [-0.2, 0) is 14.3 Å². The van der Waals surface area contributed by atoms with E-state index in [0.29, 0.717) is 18.0 Å². The van der Waals surface area contributed by atoms with Gasteiger partial charge < -0.3 is 24.3 Å². The molecule has 0 N–H and O–H groups in total. The topological polar surface area (TPSA) is 78.9 Å². The highest BCUT2D eigenvalue weighted by molar-refractivity contribution is 6.02. The van der Waals surface area contributed by atoms with Gasteiger partial charge in [0.2, 0.25) is 5.91 Å². The molecule has 3 heterocycles. The Labute approximate surface area is 126 Å². The van der Waals surface area contributed by atoms with Gasteiger partial charge in [0.05, 0.1) is 25.7 Å². The summed E-state index contributed by atoms with van der Waals surface area (Å²) >= 11 is 0. The zero-order chi connectivity index (χ0) is 15.5. The van der Waals surface area contributed by atoms with E-state index in [1.165, 1.54) is 0 Å². The Hall–Kier alpha value is -2.34. The monoisotopic (exact) mass is 300 g/mol. The van der Waals surface area contributed by atoms with Gasteiger partial charge in [-0.1, -0.05) is 12.2 Å². The number of fused-ring (bicyclic) bond motifs is 1. The summed E-state index contributed by atoms with van der Waals surface area (Å²) in [5, 5.41) is 11.4. The summed E-state index contributed by atoms with van der Waals surface area (Å²) in [7, 11) is 1.57. The minimum absolute atomic E-state index is 0.230. The first-order valence-electron chi connectivity index (χ1n) is 7.09. The molecule has 1 amide bonds. The highest BCUT2D eigenvalue weighted by Gasteiger charge is 2.65. The number of carboxylic acids is 1. The van der Waals surface area contributed by atoms with Crippen molar-refractivity contribution in [1.29, 1.82) is 0 Å². The molecular weight excluding hydrogens is 286 g/mol. The van der Waals surface area contributed by atoms with E-state index in [2.05, 4.69) is 0 Å². The van der Waals surface area contributed by atoms with E-state index in [-0.39, 0.29) is 5.91 Å². The van der Waals surface area contributed by atoms with Gasteiger partial charge in [0, 0.05) is 17.6 Å². The van der Waals surface area contributed by atoms with E-state index in [1.807, 2.05) is 6.08 Å². The molecule has 1 spiro atoms. The van der Waals surface area contributed by atoms with E-state index >= 15 is 0 Å². The Morgan fingerprint density at radius 3 is 2.77 bits per heavy atom. The summed E-state index contributed by atoms with van der Waals surface area (Å²) < 4.78 is 10.9. The number of ether oxygens (including phenoxy) is 2. The van der Waals surface area contributed by atoms with E-state index in [1.54, 1.807) is 42.4 Å². The SMILES string of the molecule is COc1ccc(N2C[C@]34C=C[C@H](O3)[C@@H](C(=O)[O-])[C@@H]4C2=O)cc1. The molecule has 0 aliphatic carbocycles. The van der Waals surface area contributed by atoms with Crippen LogP contribution in [0.15, 0.2) is 36.4 Å². The molecule has 2 bridgehead atoms. The predicted octanol–water partition coefficient (Wildman–Crippen LogP) is -0.269. The van der Waals surface area contributed by atoms with Crippen molar-refractivity contribution in [3.63, 3.8) is 0 Å². The molecule has 0 saturated carbocycles. The lowest BCUT2D eigenvalue weighted by atomic mass is 9.77. The van der Waals surface area contributed by atoms with Crippen LogP contribution in [0.2, 0.25) is 0 Å². The zero-order valence-corrected chi connectivity index (χ0v) is 11.9. The fourth-order valence-electron chi connectivity index (χ4n) is 3.75. The number of carbonyl (C=O) groups excluding carboxylic acids is 2. The zero-order valence-electron chi connectivity index (χ0n) is 11.9. The maximum atomic E-state index is 12.7. The van der Waals surface area contributed by atoms with Gasteiger partial charge in [-0.3, -0.25) is 4.79 Å². The molecule has 3 aliphatic rings. The number of aliphatic carboxylic acids is 1. The number of rotatable bonds is 3. The number of carbonyl (C=O) groups is 2. The Kier molecular flexibility index (Phi) is 2.62. The van der Waals surface area contributed by atoms with Crippen LogP contribution in [0.1, 0.15) is 0 Å². The lowest BCUT2D eigenvalue weighted by Gasteiger charge is -2.24. The molecule has 1 aromatic carbocycles. The van der Waals surface area contributed by atoms with Gasteiger partial charge in [-0.05, 0) is 24.3 Å². The molecule has 0 aromatic heterocycles. The Bertz CT molecular complexity index is 682. The van der Waals surface area contributed by atoms with E-state index in [0.717, 1.165) is 0 Å². The smallest absolute Gasteiger partial charge is 0.234 e. The van der Waals surface area contributed by atoms with Crippen molar-refractivity contribution in [2.75, 3.05) is 18.6 Å². The normalized spacial score (nSPS) is 35.0. The fraction of sp³-hybridized carbons (Fsp3) is 0.375. The Balaban J connectivity index is 1.70. The molecule has 22 heavy (non-hydrogen) atoms. The van der Waals surface area contributed by atoms with Crippen LogP contribution < -0.4 is 14.7 Å². The second-order valence-electron chi connectivity index (χ2n) is 5.84. The van der Waals surface area contributed by atoms with Crippen LogP contribution >= 0.6 is 0 Å². The minimum Gasteiger partial charge on any atom is -0.550 e. The lowest BCUT2D eigenvalue weighted by molar-refractivity contribution is -0.313. The number of amides is 1. The van der Waals surface area contributed by atoms with Crippen LogP contribution in [0.5, 0.6) is 5.75 Å². The van der Waals surface area contributed by atoms with Crippen LogP contribution in [0.25, 0.3) is 0 Å². The van der Waals surface area contributed by atoms with Gasteiger partial charge >= 0.3 is 0 Å². The third-order valence-electron chi connectivity index (χ3n) is 4.76. The summed E-state index contributed by atoms with van der Waals surface area (Å²) in [4.78, 5) is 25.7. The van der Waals surface area contributed by atoms with Crippen molar-refractivity contribution >= 4 is 17.6 Å². The number of anilines is 1. The van der Waals surface area contributed by atoms with Crippen molar-refractivity contribution < 1.29 is 24.2 Å². The minimum atomic E-state index is -1.23. The van der Waals surface area contributed by atoms with Gasteiger partial charge in [-0.15, -0.1) is 0 Å². The van der Waals surface area contributed by atoms with Gasteiger partial charge in [-0.25, -0.2) is 0 Å². The maximum Gasteiger partial charge on any atom is 0.234 e. The van der Waals surface area contributed by atoms with Crippen molar-refractivity contribution in [2.45, 2.75) is 11.7 Å². The Morgan fingerprint density at radius 2 is 2.14 bits per heavy atom. The first-order chi connectivity index (χ1) is 10.6. The highest BCUT2D eigenvalue weighted by atomic mass is 16.5. The molecule has 0 radical (unpaired) electrons. The number of benzene rings is 1. The number of nitrogens with zero attached hydrogens (tertiary/aromatic N) is 1. The van der Waals surface area contributed by atoms with E-state index in [9.17, 15) is 14.7 Å². The second-order valence-corrected chi connectivity index (χ2v) is 5.84. The van der Waals surface area contributed by atoms with E-state index in [4.69, 9.17) is 9.47 Å². The van der Waals surface area contributed by atoms with Crippen molar-refractivity contribution in [3.05, 3.63) is 36.4 Å². The van der Waals surface area contributed by atoms with Crippen LogP contribution in [-0.4, -0.2) is 37.2 Å². The number of carboxylic acid groups (broad SMARTS) is 1. The van der Waals surface area contributed by atoms with Crippen molar-refractivity contribution in [3.8, 4) is 5.75 Å². The largest absolute Gasteiger partial charge is 0.550 e. The van der Waals surface area contributed by atoms with Crippen LogP contribution in [0.4, 0.5) is 5.69 Å². The second kappa shape index (κ2) is 4.33. The summed E-state index contributed by atoms with van der Waals surface area (Å²) in [6, 6.07) is 7.08. The molecular formula is C16H14NO5-. The van der Waals surface area contributed by atoms with Gasteiger partial charge in [0.25, 0.3) is 0 Å². The van der Waals surface area contributed by atoms with Crippen molar-refractivity contribution in [2.24, 2.45) is 11.8 Å². The molecule has 4 rings (SSSR count). The van der Waals surface area contributed by atoms with Gasteiger partial charge in [0.1, 0.15) is 11.4 Å². The molecule has 2 saturated heterocycles. The molecule has 114 valence electrons. The third-order valence-corrected chi connectivity index (χ3v) is 4.76. The van der Waals surface area contributed by atoms with Crippen LogP contribution in [0.3, 0.4) is 0 Å². The first-order valence-corrected chi connectivity index (χ1v) is 7.09. The summed E-state index contributed by atoms with van der Waals surface area (Å²) in [5.41, 5.74) is -0.140. The third kappa shape index (κ3) is 1.58. The lowest BCUT2D eigenvalue weighted by Crippen LogP contribution is -2.45. The standard InChI is InChI=1S/C16H15NO5/c1-21-10-4-2-9(3-5-10)17-8-16-7-6-11(22-16)12(15(19)20)13(16)14(17)18/h2-7,11-13H,8H2,1H3,(H,19,20)/p-1/t11-,12+,13+,16-/m0/s1. The predicted molar refractivity (Wildman–Crippen MR) is 74.1 cm³/mol. The molecule has 3 aliphatic heterocycles. The first kappa shape index (κ1) is 13.3. The average molecular weight is 300 g/mol. The molecule has 1 aromatic rings. The fourth-order valence-corrected chi connectivity index (χ4v) is 3.75. The molecule has 6 heteroatoms. The highest BCUT2D eigenvalue weighted by Crippen LogP contribution is 2.52. The number of hydrogen-bond acceptors (Lipinski definition) is 5. The summed E-state index contributed by atoms with van der Waals surface area (Å²) in [6.45, 7) is 0.319. The van der Waals surface area contributed by atoms with Crippen molar-refractivity contribution in [1.82, 2.24) is 0 Å². The molecule has 6 nitrogen and oxygen atoms in total. The molecule has 4 atom stereocenters. The Morgan fingerprint density at radius 1 is 1.41 bits per heavy atom. The van der Waals surface area contributed by atoms with E-state index < -0.39 is 29.5 Å². The molecule has 0 unspecified atom stereocenters. The summed E-state index contributed by atoms with van der Waals surface area (Å²) in [6.07, 6.45) is 2.99.